The van der Waals surface area contributed by atoms with Crippen LogP contribution in [0.4, 0.5) is 17.5 Å². The number of hydrogen-bond acceptors (Lipinski definition) is 9. The number of hydrogen-bond donors (Lipinski definition) is 0. The smallest absolute Gasteiger partial charge is 0.236 e. The molecule has 14 heteroatoms. The SMILES string of the molecule is CCc1cnc(N2CCN(C=O)C(c3ccc(N4CCCS4(=O)=O)nc3)(c3ccc(N4CCCS4(=O)=O)nc3)C2)c(C)c1. The Morgan fingerprint density at radius 3 is 1.81 bits per heavy atom. The maximum absolute atomic E-state index is 12.7. The first kappa shape index (κ1) is 29.3. The predicted molar refractivity (Wildman–Crippen MR) is 164 cm³/mol. The van der Waals surface area contributed by atoms with E-state index in [9.17, 15) is 21.6 Å². The zero-order chi connectivity index (χ0) is 30.4. The fourth-order valence-electron chi connectivity index (χ4n) is 6.37. The molecule has 0 unspecified atom stereocenters. The van der Waals surface area contributed by atoms with E-state index in [1.54, 1.807) is 29.4 Å². The van der Waals surface area contributed by atoms with Gasteiger partial charge in [0.05, 0.1) is 18.1 Å². The first-order valence-electron chi connectivity index (χ1n) is 14.5. The molecule has 3 fully saturated rings. The molecule has 0 bridgehead atoms. The molecule has 3 aliphatic rings. The van der Waals surface area contributed by atoms with Crippen molar-refractivity contribution in [3.63, 3.8) is 0 Å². The predicted octanol–water partition coefficient (Wildman–Crippen LogP) is 2.04. The van der Waals surface area contributed by atoms with Crippen molar-refractivity contribution < 1.29 is 21.6 Å². The van der Waals surface area contributed by atoms with Crippen molar-refractivity contribution in [1.82, 2.24) is 19.9 Å². The lowest BCUT2D eigenvalue weighted by Gasteiger charge is -2.50. The second-order valence-electron chi connectivity index (χ2n) is 11.2. The molecule has 3 aromatic rings. The summed E-state index contributed by atoms with van der Waals surface area (Å²) in [5, 5.41) is 0. The van der Waals surface area contributed by atoms with Gasteiger partial charge in [-0.25, -0.2) is 31.8 Å². The average Bonchev–Trinajstić information content (AvgIpc) is 3.56. The van der Waals surface area contributed by atoms with Crippen LogP contribution in [-0.4, -0.2) is 87.3 Å². The Morgan fingerprint density at radius 1 is 0.814 bits per heavy atom. The monoisotopic (exact) mass is 625 g/mol. The maximum Gasteiger partial charge on any atom is 0.236 e. The molecule has 0 N–H and O–H groups in total. The number of piperazine rings is 1. The summed E-state index contributed by atoms with van der Waals surface area (Å²) in [6, 6.07) is 9.11. The minimum absolute atomic E-state index is 0.0855. The molecule has 0 saturated carbocycles. The molecule has 12 nitrogen and oxygen atoms in total. The molecule has 3 saturated heterocycles. The molecule has 0 aromatic carbocycles. The van der Waals surface area contributed by atoms with Gasteiger partial charge in [-0.3, -0.25) is 13.4 Å². The number of sulfonamides is 2. The van der Waals surface area contributed by atoms with E-state index in [4.69, 9.17) is 4.98 Å². The van der Waals surface area contributed by atoms with Crippen LogP contribution in [0.3, 0.4) is 0 Å². The number of amides is 1. The summed E-state index contributed by atoms with van der Waals surface area (Å²) in [7, 11) is -6.83. The van der Waals surface area contributed by atoms with Crippen LogP contribution in [0.5, 0.6) is 0 Å². The van der Waals surface area contributed by atoms with E-state index in [1.165, 1.54) is 8.61 Å². The van der Waals surface area contributed by atoms with Crippen LogP contribution in [0.15, 0.2) is 48.9 Å². The van der Waals surface area contributed by atoms with Gasteiger partial charge in [0.1, 0.15) is 23.0 Å². The number of aromatic nitrogens is 3. The van der Waals surface area contributed by atoms with E-state index >= 15 is 0 Å². The first-order chi connectivity index (χ1) is 20.6. The summed E-state index contributed by atoms with van der Waals surface area (Å²) in [6.45, 7) is 6.11. The second-order valence-corrected chi connectivity index (χ2v) is 15.2. The molecular formula is C29H35N7O5S2. The van der Waals surface area contributed by atoms with Gasteiger partial charge < -0.3 is 9.80 Å². The van der Waals surface area contributed by atoms with Gasteiger partial charge in [-0.05, 0) is 49.4 Å². The highest BCUT2D eigenvalue weighted by atomic mass is 32.2. The lowest BCUT2D eigenvalue weighted by molar-refractivity contribution is -0.123. The van der Waals surface area contributed by atoms with Gasteiger partial charge in [0.2, 0.25) is 26.5 Å². The molecule has 0 aliphatic carbocycles. The Kier molecular flexibility index (Phi) is 7.53. The Morgan fingerprint density at radius 2 is 1.40 bits per heavy atom. The number of aryl methyl sites for hydroxylation is 2. The Labute approximate surface area is 252 Å². The third-order valence-corrected chi connectivity index (χ3v) is 12.3. The molecule has 228 valence electrons. The van der Waals surface area contributed by atoms with Gasteiger partial charge >= 0.3 is 0 Å². The van der Waals surface area contributed by atoms with Crippen molar-refractivity contribution in [1.29, 1.82) is 0 Å². The van der Waals surface area contributed by atoms with E-state index in [2.05, 4.69) is 27.9 Å². The lowest BCUT2D eigenvalue weighted by atomic mass is 9.80. The van der Waals surface area contributed by atoms with Crippen LogP contribution in [0.2, 0.25) is 0 Å². The number of nitrogens with zero attached hydrogens (tertiary/aromatic N) is 7. The van der Waals surface area contributed by atoms with Gasteiger partial charge in [0, 0.05) is 55.9 Å². The highest BCUT2D eigenvalue weighted by molar-refractivity contribution is 7.93. The largest absolute Gasteiger partial charge is 0.352 e. The van der Waals surface area contributed by atoms with Gasteiger partial charge in [0.25, 0.3) is 0 Å². The molecule has 3 aliphatic heterocycles. The quantitative estimate of drug-likeness (QED) is 0.361. The molecule has 0 radical (unpaired) electrons. The summed E-state index contributed by atoms with van der Waals surface area (Å²) < 4.78 is 52.9. The van der Waals surface area contributed by atoms with Crippen molar-refractivity contribution in [2.24, 2.45) is 0 Å². The third-order valence-electron chi connectivity index (χ3n) is 8.62. The highest BCUT2D eigenvalue weighted by Crippen LogP contribution is 2.41. The minimum atomic E-state index is -3.41. The summed E-state index contributed by atoms with van der Waals surface area (Å²) in [5.74, 6) is 1.65. The summed E-state index contributed by atoms with van der Waals surface area (Å²) in [4.78, 5) is 30.5. The number of pyridine rings is 3. The first-order valence-corrected chi connectivity index (χ1v) is 17.7. The summed E-state index contributed by atoms with van der Waals surface area (Å²) in [6.07, 6.45) is 7.89. The van der Waals surface area contributed by atoms with Crippen LogP contribution < -0.4 is 13.5 Å². The van der Waals surface area contributed by atoms with Crippen LogP contribution >= 0.6 is 0 Å². The van der Waals surface area contributed by atoms with Gasteiger partial charge in [0.15, 0.2) is 0 Å². The van der Waals surface area contributed by atoms with Crippen molar-refractivity contribution in [2.45, 2.75) is 38.6 Å². The van der Waals surface area contributed by atoms with Crippen molar-refractivity contribution in [3.8, 4) is 0 Å². The fourth-order valence-corrected chi connectivity index (χ4v) is 9.40. The van der Waals surface area contributed by atoms with Gasteiger partial charge in [-0.2, -0.15) is 0 Å². The molecule has 1 amide bonds. The number of rotatable bonds is 7. The van der Waals surface area contributed by atoms with E-state index in [0.29, 0.717) is 68.3 Å². The van der Waals surface area contributed by atoms with Crippen LogP contribution in [0.25, 0.3) is 0 Å². The van der Waals surface area contributed by atoms with E-state index in [1.807, 2.05) is 25.3 Å². The molecular weight excluding hydrogens is 590 g/mol. The van der Waals surface area contributed by atoms with Gasteiger partial charge in [-0.1, -0.05) is 25.1 Å². The van der Waals surface area contributed by atoms with Crippen LogP contribution in [0.1, 0.15) is 42.0 Å². The summed E-state index contributed by atoms with van der Waals surface area (Å²) in [5.41, 5.74) is 2.44. The number of anilines is 3. The lowest BCUT2D eigenvalue weighted by Crippen LogP contribution is -2.60. The number of carbonyl (C=O) groups is 1. The van der Waals surface area contributed by atoms with Crippen molar-refractivity contribution in [3.05, 3.63) is 71.2 Å². The third kappa shape index (κ3) is 5.09. The summed E-state index contributed by atoms with van der Waals surface area (Å²) >= 11 is 0. The molecule has 0 spiro atoms. The molecule has 6 rings (SSSR count). The van der Waals surface area contributed by atoms with Crippen LogP contribution in [0, 0.1) is 6.92 Å². The normalized spacial score (nSPS) is 20.9. The molecule has 0 atom stereocenters. The minimum Gasteiger partial charge on any atom is -0.352 e. The standard InChI is InChI=1S/C29H35N7O5S2/c1-3-23-16-22(2)28(32-17-23)33-12-13-34(21-37)29(20-33,24-6-8-26(30-18-24)35-10-4-14-42(35,38)39)25-7-9-27(31-19-25)36-11-5-15-43(36,40)41/h6-9,16-19,21H,3-5,10-15,20H2,1-2H3. The zero-order valence-corrected chi connectivity index (χ0v) is 25.9. The molecule has 43 heavy (non-hydrogen) atoms. The van der Waals surface area contributed by atoms with Crippen LogP contribution in [-0.2, 0) is 36.8 Å². The zero-order valence-electron chi connectivity index (χ0n) is 24.3. The number of carbonyl (C=O) groups excluding carboxylic acids is 1. The Balaban J connectivity index is 1.46. The highest BCUT2D eigenvalue weighted by Gasteiger charge is 2.46. The van der Waals surface area contributed by atoms with E-state index in [0.717, 1.165) is 29.8 Å². The van der Waals surface area contributed by atoms with E-state index < -0.39 is 25.6 Å². The second kappa shape index (κ2) is 11.1. The molecule has 3 aromatic heterocycles. The Hall–Kier alpha value is -3.78. The van der Waals surface area contributed by atoms with E-state index in [-0.39, 0.29) is 11.5 Å². The fraction of sp³-hybridized carbons (Fsp3) is 0.448. The topological polar surface area (TPSA) is 137 Å². The maximum atomic E-state index is 12.7. The molecule has 6 heterocycles. The Bertz CT molecular complexity index is 1640. The van der Waals surface area contributed by atoms with Gasteiger partial charge in [-0.15, -0.1) is 0 Å². The van der Waals surface area contributed by atoms with Crippen molar-refractivity contribution >= 4 is 43.9 Å². The van der Waals surface area contributed by atoms with Crippen molar-refractivity contribution in [2.75, 3.05) is 57.7 Å². The average molecular weight is 626 g/mol.